The second-order valence-electron chi connectivity index (χ2n) is 8.46. The van der Waals surface area contributed by atoms with E-state index in [1.165, 1.54) is 12.1 Å². The van der Waals surface area contributed by atoms with E-state index in [4.69, 9.17) is 39.5 Å². The van der Waals surface area contributed by atoms with E-state index in [9.17, 15) is 19.5 Å². The second kappa shape index (κ2) is 10.2. The van der Waals surface area contributed by atoms with Crippen LogP contribution in [-0.4, -0.2) is 27.7 Å². The fourth-order valence-corrected chi connectivity index (χ4v) is 4.82. The molecule has 0 unspecified atom stereocenters. The normalized spacial score (nSPS) is 13.4. The number of hydrogen-bond donors (Lipinski definition) is 1. The van der Waals surface area contributed by atoms with Gasteiger partial charge in [-0.05, 0) is 57.4 Å². The van der Waals surface area contributed by atoms with E-state index >= 15 is 4.39 Å². The number of aromatic carboxylic acids is 1. The van der Waals surface area contributed by atoms with Crippen LogP contribution in [0.2, 0.25) is 15.1 Å². The van der Waals surface area contributed by atoms with Gasteiger partial charge in [-0.1, -0.05) is 40.9 Å². The number of rotatable bonds is 6. The molecule has 6 nitrogen and oxygen atoms in total. The van der Waals surface area contributed by atoms with Crippen LogP contribution in [0.3, 0.4) is 0 Å². The molecule has 0 aliphatic heterocycles. The van der Waals surface area contributed by atoms with Crippen molar-refractivity contribution >= 4 is 46.7 Å². The molecule has 1 aliphatic rings. The first-order valence-corrected chi connectivity index (χ1v) is 12.3. The highest BCUT2D eigenvalue weighted by Gasteiger charge is 2.29. The van der Waals surface area contributed by atoms with E-state index in [-0.39, 0.29) is 50.1 Å². The van der Waals surface area contributed by atoms with Crippen molar-refractivity contribution in [2.75, 3.05) is 0 Å². The van der Waals surface area contributed by atoms with Gasteiger partial charge in [0, 0.05) is 23.4 Å². The first kappa shape index (κ1) is 26.2. The molecule has 0 bridgehead atoms. The molecule has 36 heavy (non-hydrogen) atoms. The number of hydrogen-bond acceptors (Lipinski definition) is 4. The molecule has 0 spiro atoms. The van der Waals surface area contributed by atoms with Gasteiger partial charge in [-0.25, -0.2) is 14.0 Å². The molecule has 0 radical (unpaired) electrons. The SMILES string of the molecule is CCn1c(C)c(-c2cc(C(=O)OC3CCC3)c(Cl)cc2F)c(=O)c(C(=O)O)c1-c1ccc(Cl)c(Cl)c1. The minimum absolute atomic E-state index is 0.104. The number of esters is 1. The van der Waals surface area contributed by atoms with E-state index in [0.717, 1.165) is 31.4 Å². The Balaban J connectivity index is 1.99. The Bertz CT molecular complexity index is 1460. The summed E-state index contributed by atoms with van der Waals surface area (Å²) in [5.74, 6) is -3.10. The van der Waals surface area contributed by atoms with Crippen LogP contribution in [0.4, 0.5) is 4.39 Å². The highest BCUT2D eigenvalue weighted by atomic mass is 35.5. The zero-order valence-electron chi connectivity index (χ0n) is 19.3. The summed E-state index contributed by atoms with van der Waals surface area (Å²) in [6, 6.07) is 6.59. The molecule has 0 amide bonds. The third-order valence-electron chi connectivity index (χ3n) is 6.32. The smallest absolute Gasteiger partial charge is 0.341 e. The molecular weight excluding hydrogens is 532 g/mol. The number of halogens is 4. The van der Waals surface area contributed by atoms with Gasteiger partial charge in [0.05, 0.1) is 31.9 Å². The van der Waals surface area contributed by atoms with Crippen LogP contribution in [0.25, 0.3) is 22.4 Å². The maximum Gasteiger partial charge on any atom is 0.341 e. The van der Waals surface area contributed by atoms with Crippen LogP contribution in [-0.2, 0) is 11.3 Å². The fourth-order valence-electron chi connectivity index (χ4n) is 4.29. The molecule has 188 valence electrons. The summed E-state index contributed by atoms with van der Waals surface area (Å²) in [5, 5.41) is 10.3. The largest absolute Gasteiger partial charge is 0.477 e. The molecule has 1 saturated carbocycles. The Morgan fingerprint density at radius 2 is 1.81 bits per heavy atom. The van der Waals surface area contributed by atoms with Gasteiger partial charge in [0.2, 0.25) is 5.43 Å². The molecule has 2 aromatic carbocycles. The number of aromatic nitrogens is 1. The molecule has 0 atom stereocenters. The average molecular weight is 553 g/mol. The molecule has 1 heterocycles. The van der Waals surface area contributed by atoms with Gasteiger partial charge < -0.3 is 14.4 Å². The predicted molar refractivity (Wildman–Crippen MR) is 137 cm³/mol. The fraction of sp³-hybridized carbons (Fsp3) is 0.269. The molecule has 0 saturated heterocycles. The summed E-state index contributed by atoms with van der Waals surface area (Å²) in [4.78, 5) is 38.7. The van der Waals surface area contributed by atoms with Gasteiger partial charge >= 0.3 is 11.9 Å². The van der Waals surface area contributed by atoms with Crippen molar-refractivity contribution in [3.05, 3.63) is 78.3 Å². The van der Waals surface area contributed by atoms with E-state index in [0.29, 0.717) is 11.3 Å². The summed E-state index contributed by atoms with van der Waals surface area (Å²) < 4.78 is 22.2. The number of carbonyl (C=O) groups is 2. The van der Waals surface area contributed by atoms with Crippen LogP contribution in [0.5, 0.6) is 0 Å². The van der Waals surface area contributed by atoms with Crippen molar-refractivity contribution in [3.63, 3.8) is 0 Å². The Hall–Kier alpha value is -2.87. The molecule has 10 heteroatoms. The summed E-state index contributed by atoms with van der Waals surface area (Å²) >= 11 is 18.3. The van der Waals surface area contributed by atoms with Gasteiger partial charge in [0.15, 0.2) is 0 Å². The van der Waals surface area contributed by atoms with Crippen LogP contribution >= 0.6 is 34.8 Å². The van der Waals surface area contributed by atoms with Crippen molar-refractivity contribution in [2.45, 2.75) is 45.8 Å². The maximum atomic E-state index is 15.2. The molecular formula is C26H21Cl3FNO5. The van der Waals surface area contributed by atoms with E-state index in [1.807, 2.05) is 0 Å². The van der Waals surface area contributed by atoms with E-state index in [2.05, 4.69) is 0 Å². The molecule has 3 aromatic rings. The molecule has 1 aromatic heterocycles. The lowest BCUT2D eigenvalue weighted by Gasteiger charge is -2.25. The summed E-state index contributed by atoms with van der Waals surface area (Å²) in [6.07, 6.45) is 2.18. The Kier molecular flexibility index (Phi) is 7.46. The van der Waals surface area contributed by atoms with Crippen LogP contribution in [0.1, 0.15) is 52.6 Å². The second-order valence-corrected chi connectivity index (χ2v) is 9.68. The average Bonchev–Trinajstić information content (AvgIpc) is 2.78. The number of benzene rings is 2. The van der Waals surface area contributed by atoms with Crippen molar-refractivity contribution in [1.29, 1.82) is 0 Å². The van der Waals surface area contributed by atoms with Gasteiger partial charge in [0.1, 0.15) is 17.5 Å². The summed E-state index contributed by atoms with van der Waals surface area (Å²) in [5.41, 5.74) is -1.25. The Morgan fingerprint density at radius 3 is 2.36 bits per heavy atom. The van der Waals surface area contributed by atoms with Gasteiger partial charge in [-0.2, -0.15) is 0 Å². The third kappa shape index (κ3) is 4.63. The lowest BCUT2D eigenvalue weighted by molar-refractivity contribution is 0.00901. The number of ether oxygens (including phenoxy) is 1. The van der Waals surface area contributed by atoms with Crippen molar-refractivity contribution in [3.8, 4) is 22.4 Å². The maximum absolute atomic E-state index is 15.2. The first-order chi connectivity index (χ1) is 17.0. The zero-order chi connectivity index (χ0) is 26.3. The minimum atomic E-state index is -1.50. The third-order valence-corrected chi connectivity index (χ3v) is 7.37. The number of carboxylic acids is 1. The topological polar surface area (TPSA) is 85.6 Å². The number of nitrogens with zero attached hydrogens (tertiary/aromatic N) is 1. The predicted octanol–water partition coefficient (Wildman–Crippen LogP) is 7.02. The Morgan fingerprint density at radius 1 is 1.11 bits per heavy atom. The van der Waals surface area contributed by atoms with Crippen LogP contribution < -0.4 is 5.43 Å². The van der Waals surface area contributed by atoms with Crippen LogP contribution in [0.15, 0.2) is 35.1 Å². The summed E-state index contributed by atoms with van der Waals surface area (Å²) in [6.45, 7) is 3.58. The molecule has 1 N–H and O–H groups in total. The zero-order valence-corrected chi connectivity index (χ0v) is 21.6. The van der Waals surface area contributed by atoms with Crippen molar-refractivity contribution in [1.82, 2.24) is 4.57 Å². The van der Waals surface area contributed by atoms with Gasteiger partial charge in [-0.3, -0.25) is 4.79 Å². The van der Waals surface area contributed by atoms with E-state index in [1.54, 1.807) is 24.5 Å². The number of carboxylic acid groups (broad SMARTS) is 1. The Labute approximate surface area is 221 Å². The van der Waals surface area contributed by atoms with Crippen molar-refractivity contribution in [2.24, 2.45) is 0 Å². The quantitative estimate of drug-likeness (QED) is 0.332. The lowest BCUT2D eigenvalue weighted by Crippen LogP contribution is -2.26. The van der Waals surface area contributed by atoms with Crippen molar-refractivity contribution < 1.29 is 23.8 Å². The highest BCUT2D eigenvalue weighted by molar-refractivity contribution is 6.42. The molecule has 1 aliphatic carbocycles. The van der Waals surface area contributed by atoms with Crippen LogP contribution in [0, 0.1) is 12.7 Å². The number of carbonyl (C=O) groups excluding carboxylic acids is 1. The highest BCUT2D eigenvalue weighted by Crippen LogP contribution is 2.35. The summed E-state index contributed by atoms with van der Waals surface area (Å²) in [7, 11) is 0. The minimum Gasteiger partial charge on any atom is -0.477 e. The standard InChI is InChI=1S/C26H21Cl3FNO5/c1-3-31-12(2)21(16-10-15(18(28)11-20(16)30)26(35)36-14-5-4-6-14)24(32)22(25(33)34)23(31)13-7-8-17(27)19(29)9-13/h7-11,14H,3-6H2,1-2H3,(H,33,34). The molecule has 1 fully saturated rings. The van der Waals surface area contributed by atoms with Gasteiger partial charge in [0.25, 0.3) is 0 Å². The lowest BCUT2D eigenvalue weighted by atomic mass is 9.94. The van der Waals surface area contributed by atoms with E-state index < -0.39 is 28.7 Å². The first-order valence-electron chi connectivity index (χ1n) is 11.2. The van der Waals surface area contributed by atoms with Gasteiger partial charge in [-0.15, -0.1) is 0 Å². The molecule has 4 rings (SSSR count). The number of pyridine rings is 1. The monoisotopic (exact) mass is 551 g/mol.